The zero-order valence-electron chi connectivity index (χ0n) is 13.6. The predicted octanol–water partition coefficient (Wildman–Crippen LogP) is 3.27. The Labute approximate surface area is 161 Å². The van der Waals surface area contributed by atoms with Gasteiger partial charge in [0.25, 0.3) is 5.95 Å². The average Bonchev–Trinajstić information content (AvgIpc) is 3.02. The maximum absolute atomic E-state index is 9.86. The summed E-state index contributed by atoms with van der Waals surface area (Å²) in [6.07, 6.45) is 1.59. The molecule has 0 spiro atoms. The van der Waals surface area contributed by atoms with Gasteiger partial charge in [0.2, 0.25) is 0 Å². The molecule has 0 aliphatic carbocycles. The lowest BCUT2D eigenvalue weighted by Crippen LogP contribution is -1.99. The van der Waals surface area contributed by atoms with Gasteiger partial charge in [-0.15, -0.1) is 10.2 Å². The number of nitrogens with one attached hydrogen (secondary N) is 2. The van der Waals surface area contributed by atoms with Gasteiger partial charge in [-0.1, -0.05) is 18.2 Å². The van der Waals surface area contributed by atoms with E-state index in [1.165, 1.54) is 7.11 Å². The lowest BCUT2D eigenvalue weighted by molar-refractivity contribution is 0.371. The van der Waals surface area contributed by atoms with E-state index in [1.807, 2.05) is 46.9 Å². The van der Waals surface area contributed by atoms with Crippen LogP contribution in [0.5, 0.6) is 11.5 Å². The highest BCUT2D eigenvalue weighted by molar-refractivity contribution is 14.1. The number of hydrogen-bond donors (Lipinski definition) is 3. The van der Waals surface area contributed by atoms with Gasteiger partial charge in [0.15, 0.2) is 17.1 Å². The van der Waals surface area contributed by atoms with Gasteiger partial charge in [-0.3, -0.25) is 0 Å². The zero-order chi connectivity index (χ0) is 18.1. The van der Waals surface area contributed by atoms with Gasteiger partial charge < -0.3 is 14.8 Å². The number of aromatic nitrogens is 4. The fraction of sp³-hybridized carbons (Fsp3) is 0.0588. The predicted molar refractivity (Wildman–Crippen MR) is 108 cm³/mol. The highest BCUT2D eigenvalue weighted by atomic mass is 127. The molecule has 0 fully saturated rings. The quantitative estimate of drug-likeness (QED) is 0.245. The third-order valence-electron chi connectivity index (χ3n) is 3.77. The molecular weight excluding hydrogens is 447 g/mol. The Morgan fingerprint density at radius 2 is 2.12 bits per heavy atom. The number of phenolic OH excluding ortho intramolecular Hbond substituents is 1. The molecule has 3 N–H and O–H groups in total. The van der Waals surface area contributed by atoms with Crippen molar-refractivity contribution in [3.8, 4) is 11.5 Å². The largest absolute Gasteiger partial charge is 0.504 e. The van der Waals surface area contributed by atoms with E-state index in [-0.39, 0.29) is 11.7 Å². The summed E-state index contributed by atoms with van der Waals surface area (Å²) in [4.78, 5) is 7.59. The molecule has 2 aromatic carbocycles. The Morgan fingerprint density at radius 3 is 2.96 bits per heavy atom. The van der Waals surface area contributed by atoms with Crippen molar-refractivity contribution in [3.05, 3.63) is 45.5 Å². The number of fused-ring (bicyclic) bond motifs is 3. The van der Waals surface area contributed by atoms with E-state index >= 15 is 0 Å². The summed E-state index contributed by atoms with van der Waals surface area (Å²) in [5.74, 6) is 0.770. The SMILES string of the molecule is COc1cc(/C=N/Nc2nnc3c(n2)[nH]c2ccccc23)cc(I)c1O. The van der Waals surface area contributed by atoms with Crippen LogP contribution in [-0.4, -0.2) is 38.6 Å². The maximum Gasteiger partial charge on any atom is 0.265 e. The van der Waals surface area contributed by atoms with E-state index in [2.05, 4.69) is 30.7 Å². The second-order valence-corrected chi connectivity index (χ2v) is 6.59. The van der Waals surface area contributed by atoms with Crippen LogP contribution in [0.15, 0.2) is 41.5 Å². The number of halogens is 1. The van der Waals surface area contributed by atoms with Crippen LogP contribution in [0, 0.1) is 3.57 Å². The molecule has 0 amide bonds. The number of aromatic amines is 1. The minimum absolute atomic E-state index is 0.106. The molecule has 2 heterocycles. The van der Waals surface area contributed by atoms with E-state index in [9.17, 15) is 5.11 Å². The molecule has 4 aromatic rings. The number of hydrogen-bond acceptors (Lipinski definition) is 7. The highest BCUT2D eigenvalue weighted by Gasteiger charge is 2.09. The molecule has 2 aromatic heterocycles. The molecule has 0 saturated carbocycles. The summed E-state index contributed by atoms with van der Waals surface area (Å²) >= 11 is 2.03. The van der Waals surface area contributed by atoms with E-state index in [0.717, 1.165) is 16.5 Å². The molecule has 0 aliphatic rings. The normalized spacial score (nSPS) is 11.5. The second kappa shape index (κ2) is 6.75. The van der Waals surface area contributed by atoms with Crippen molar-refractivity contribution in [1.29, 1.82) is 0 Å². The first kappa shape index (κ1) is 16.5. The van der Waals surface area contributed by atoms with Crippen LogP contribution in [0.3, 0.4) is 0 Å². The van der Waals surface area contributed by atoms with Gasteiger partial charge in [-0.2, -0.15) is 10.1 Å². The lowest BCUT2D eigenvalue weighted by atomic mass is 10.2. The standard InChI is InChI=1S/C17H13IN6O2/c1-26-13-7-9(6-11(18)15(13)25)8-19-23-17-21-16-14(22-24-17)10-4-2-3-5-12(10)20-16/h2-8,25H,1H3,(H2,20,21,23,24)/b19-8+. The molecule has 130 valence electrons. The van der Waals surface area contributed by atoms with Crippen LogP contribution in [0.1, 0.15) is 5.56 Å². The molecule has 9 heteroatoms. The molecule has 26 heavy (non-hydrogen) atoms. The number of anilines is 1. The molecule has 8 nitrogen and oxygen atoms in total. The van der Waals surface area contributed by atoms with Crippen LogP contribution in [0.25, 0.3) is 22.1 Å². The Kier molecular flexibility index (Phi) is 4.29. The first-order valence-corrected chi connectivity index (χ1v) is 8.70. The number of nitrogens with zero attached hydrogens (tertiary/aromatic N) is 4. The minimum atomic E-state index is 0.106. The third kappa shape index (κ3) is 3.01. The van der Waals surface area contributed by atoms with Crippen LogP contribution >= 0.6 is 22.6 Å². The van der Waals surface area contributed by atoms with Crippen LogP contribution in [0.2, 0.25) is 0 Å². The summed E-state index contributed by atoms with van der Waals surface area (Å²) < 4.78 is 5.80. The van der Waals surface area contributed by atoms with Gasteiger partial charge in [0.05, 0.1) is 16.9 Å². The van der Waals surface area contributed by atoms with Gasteiger partial charge in [0.1, 0.15) is 5.52 Å². The summed E-state index contributed by atoms with van der Waals surface area (Å²) in [7, 11) is 1.50. The number of phenols is 1. The number of benzene rings is 2. The second-order valence-electron chi connectivity index (χ2n) is 5.43. The van der Waals surface area contributed by atoms with Crippen molar-refractivity contribution in [2.24, 2.45) is 5.10 Å². The van der Waals surface area contributed by atoms with E-state index < -0.39 is 0 Å². The highest BCUT2D eigenvalue weighted by Crippen LogP contribution is 2.31. The van der Waals surface area contributed by atoms with Gasteiger partial charge in [-0.25, -0.2) is 5.43 Å². The van der Waals surface area contributed by atoms with Crippen molar-refractivity contribution in [2.45, 2.75) is 0 Å². The van der Waals surface area contributed by atoms with E-state index in [1.54, 1.807) is 18.3 Å². The van der Waals surface area contributed by atoms with Crippen LogP contribution < -0.4 is 10.2 Å². The van der Waals surface area contributed by atoms with Crippen molar-refractivity contribution in [1.82, 2.24) is 20.2 Å². The minimum Gasteiger partial charge on any atom is -0.504 e. The summed E-state index contributed by atoms with van der Waals surface area (Å²) in [5.41, 5.74) is 5.83. The molecule has 0 radical (unpaired) electrons. The van der Waals surface area contributed by atoms with Gasteiger partial charge in [-0.05, 0) is 46.4 Å². The molecule has 0 aliphatic heterocycles. The van der Waals surface area contributed by atoms with E-state index in [0.29, 0.717) is 20.5 Å². The number of H-pyrrole nitrogens is 1. The Balaban J connectivity index is 1.58. The first-order valence-electron chi connectivity index (χ1n) is 7.62. The van der Waals surface area contributed by atoms with Gasteiger partial charge >= 0.3 is 0 Å². The smallest absolute Gasteiger partial charge is 0.265 e. The van der Waals surface area contributed by atoms with Crippen LogP contribution in [-0.2, 0) is 0 Å². The fourth-order valence-corrected chi connectivity index (χ4v) is 3.18. The third-order valence-corrected chi connectivity index (χ3v) is 4.59. The maximum atomic E-state index is 9.86. The number of aromatic hydroxyl groups is 1. The van der Waals surface area contributed by atoms with Crippen LogP contribution in [0.4, 0.5) is 5.95 Å². The van der Waals surface area contributed by atoms with Crippen molar-refractivity contribution >= 4 is 56.8 Å². The summed E-state index contributed by atoms with van der Waals surface area (Å²) in [5, 5.41) is 23.2. The van der Waals surface area contributed by atoms with Gasteiger partial charge in [0, 0.05) is 10.9 Å². The fourth-order valence-electron chi connectivity index (χ4n) is 2.56. The van der Waals surface area contributed by atoms with Crippen molar-refractivity contribution in [2.75, 3.05) is 12.5 Å². The topological polar surface area (TPSA) is 108 Å². The number of methoxy groups -OCH3 is 1. The van der Waals surface area contributed by atoms with E-state index in [4.69, 9.17) is 4.74 Å². The number of para-hydroxylation sites is 1. The molecule has 0 bridgehead atoms. The summed E-state index contributed by atoms with van der Waals surface area (Å²) in [6.45, 7) is 0. The average molecular weight is 460 g/mol. The van der Waals surface area contributed by atoms with Crippen molar-refractivity contribution in [3.63, 3.8) is 0 Å². The molecule has 0 atom stereocenters. The first-order chi connectivity index (χ1) is 12.7. The molecule has 0 unspecified atom stereocenters. The lowest BCUT2D eigenvalue weighted by Gasteiger charge is -2.06. The van der Waals surface area contributed by atoms with Crippen molar-refractivity contribution < 1.29 is 9.84 Å². The zero-order valence-corrected chi connectivity index (χ0v) is 15.7. The Hall–Kier alpha value is -2.95. The Bertz CT molecular complexity index is 1140. The monoisotopic (exact) mass is 460 g/mol. The molecule has 4 rings (SSSR count). The number of rotatable bonds is 4. The number of hydrazone groups is 1. The summed E-state index contributed by atoms with van der Waals surface area (Å²) in [6, 6.07) is 11.3. The molecule has 0 saturated heterocycles. The number of ether oxygens (including phenoxy) is 1. The molecular formula is C17H13IN6O2. The Morgan fingerprint density at radius 1 is 1.27 bits per heavy atom.